The fourth-order valence-electron chi connectivity index (χ4n) is 0.664. The third-order valence-corrected chi connectivity index (χ3v) is 2.33. The van der Waals surface area contributed by atoms with Crippen LogP contribution in [0, 0.1) is 0 Å². The van der Waals surface area contributed by atoms with E-state index < -0.39 is 0 Å². The van der Waals surface area contributed by atoms with Gasteiger partial charge in [0.2, 0.25) is 0 Å². The Labute approximate surface area is 74.3 Å². The van der Waals surface area contributed by atoms with Gasteiger partial charge in [-0.2, -0.15) is 0 Å². The number of carbonyl (C=O) groups excluding carboxylic acids is 1. The molecule has 58 valence electrons. The lowest BCUT2D eigenvalue weighted by Gasteiger charge is -1.84. The minimum Gasteiger partial charge on any atom is -0.298 e. The minimum absolute atomic E-state index is 0.712. The Morgan fingerprint density at radius 2 is 2.36 bits per heavy atom. The highest BCUT2D eigenvalue weighted by Crippen LogP contribution is 2.22. The van der Waals surface area contributed by atoms with Crippen LogP contribution in [-0.4, -0.2) is 6.29 Å². The first kappa shape index (κ1) is 8.50. The molecule has 0 N–H and O–H groups in total. The quantitative estimate of drug-likeness (QED) is 0.513. The standard InChI is InChI=1S/C8H7ClOS/c1-6(5-10)4-7-2-3-8(9)11-7/h2-5H,1H3/b6-4-. The van der Waals surface area contributed by atoms with E-state index >= 15 is 0 Å². The van der Waals surface area contributed by atoms with Crippen LogP contribution >= 0.6 is 22.9 Å². The first-order chi connectivity index (χ1) is 5.22. The second kappa shape index (κ2) is 3.69. The summed E-state index contributed by atoms with van der Waals surface area (Å²) in [6.07, 6.45) is 2.64. The normalized spacial score (nSPS) is 11.6. The van der Waals surface area contributed by atoms with Crippen LogP contribution in [0.2, 0.25) is 4.34 Å². The van der Waals surface area contributed by atoms with Gasteiger partial charge in [-0.1, -0.05) is 11.6 Å². The summed E-state index contributed by atoms with van der Waals surface area (Å²) in [7, 11) is 0. The molecule has 3 heteroatoms. The van der Waals surface area contributed by atoms with Crippen molar-refractivity contribution in [1.29, 1.82) is 0 Å². The Kier molecular flexibility index (Phi) is 2.85. The van der Waals surface area contributed by atoms with Gasteiger partial charge in [0.15, 0.2) is 0 Å². The highest BCUT2D eigenvalue weighted by atomic mass is 35.5. The fraction of sp³-hybridized carbons (Fsp3) is 0.125. The Morgan fingerprint density at radius 3 is 2.82 bits per heavy atom. The topological polar surface area (TPSA) is 17.1 Å². The molecule has 1 heterocycles. The Balaban J connectivity index is 2.86. The van der Waals surface area contributed by atoms with Crippen LogP contribution < -0.4 is 0 Å². The molecule has 1 aromatic heterocycles. The summed E-state index contributed by atoms with van der Waals surface area (Å²) in [5.41, 5.74) is 0.712. The zero-order chi connectivity index (χ0) is 8.27. The van der Waals surface area contributed by atoms with Gasteiger partial charge in [0.25, 0.3) is 0 Å². The molecule has 1 aromatic rings. The van der Waals surface area contributed by atoms with Gasteiger partial charge in [0, 0.05) is 4.88 Å². The van der Waals surface area contributed by atoms with Gasteiger partial charge in [-0.3, -0.25) is 4.79 Å². The maximum Gasteiger partial charge on any atom is 0.145 e. The monoisotopic (exact) mass is 186 g/mol. The number of allylic oxidation sites excluding steroid dienone is 1. The fourth-order valence-corrected chi connectivity index (χ4v) is 1.74. The second-order valence-electron chi connectivity index (χ2n) is 2.15. The van der Waals surface area contributed by atoms with Crippen LogP contribution in [0.1, 0.15) is 11.8 Å². The van der Waals surface area contributed by atoms with Crippen molar-refractivity contribution in [1.82, 2.24) is 0 Å². The summed E-state index contributed by atoms with van der Waals surface area (Å²) in [4.78, 5) is 11.2. The van der Waals surface area contributed by atoms with Crippen molar-refractivity contribution in [2.24, 2.45) is 0 Å². The largest absolute Gasteiger partial charge is 0.298 e. The number of rotatable bonds is 2. The summed E-state index contributed by atoms with van der Waals surface area (Å²) < 4.78 is 0.745. The van der Waals surface area contributed by atoms with E-state index in [9.17, 15) is 4.79 Å². The van der Waals surface area contributed by atoms with Crippen LogP contribution in [-0.2, 0) is 4.79 Å². The number of hydrogen-bond donors (Lipinski definition) is 0. The van der Waals surface area contributed by atoms with E-state index in [0.717, 1.165) is 15.5 Å². The molecule has 0 amide bonds. The summed E-state index contributed by atoms with van der Waals surface area (Å²) in [5, 5.41) is 0. The van der Waals surface area contributed by atoms with Crippen LogP contribution in [0.15, 0.2) is 17.7 Å². The van der Waals surface area contributed by atoms with E-state index in [4.69, 9.17) is 11.6 Å². The highest BCUT2D eigenvalue weighted by Gasteiger charge is 1.93. The van der Waals surface area contributed by atoms with Gasteiger partial charge in [0.1, 0.15) is 6.29 Å². The molecule has 1 nitrogen and oxygen atoms in total. The van der Waals surface area contributed by atoms with Gasteiger partial charge < -0.3 is 0 Å². The van der Waals surface area contributed by atoms with Crippen molar-refractivity contribution in [3.05, 3.63) is 26.9 Å². The molecule has 0 unspecified atom stereocenters. The first-order valence-corrected chi connectivity index (χ1v) is 4.30. The third-order valence-electron chi connectivity index (χ3n) is 1.15. The van der Waals surface area contributed by atoms with Crippen LogP contribution in [0.25, 0.3) is 6.08 Å². The van der Waals surface area contributed by atoms with Crippen molar-refractivity contribution in [3.8, 4) is 0 Å². The van der Waals surface area contributed by atoms with Crippen LogP contribution in [0.5, 0.6) is 0 Å². The average Bonchev–Trinajstić information content (AvgIpc) is 2.35. The Morgan fingerprint density at radius 1 is 1.64 bits per heavy atom. The van der Waals surface area contributed by atoms with Gasteiger partial charge in [-0.25, -0.2) is 0 Å². The summed E-state index contributed by atoms with van der Waals surface area (Å²) >= 11 is 7.15. The molecule has 0 spiro atoms. The van der Waals surface area contributed by atoms with E-state index in [1.807, 2.05) is 18.2 Å². The second-order valence-corrected chi connectivity index (χ2v) is 3.89. The maximum atomic E-state index is 10.2. The average molecular weight is 187 g/mol. The highest BCUT2D eigenvalue weighted by molar-refractivity contribution is 7.17. The molecule has 1 rings (SSSR count). The van der Waals surface area contributed by atoms with Gasteiger partial charge in [-0.15, -0.1) is 11.3 Å². The molecule has 0 fully saturated rings. The van der Waals surface area contributed by atoms with Gasteiger partial charge in [-0.05, 0) is 30.7 Å². The molecule has 0 bridgehead atoms. The lowest BCUT2D eigenvalue weighted by molar-refractivity contribution is -0.104. The van der Waals surface area contributed by atoms with E-state index in [1.165, 1.54) is 11.3 Å². The molecular weight excluding hydrogens is 180 g/mol. The van der Waals surface area contributed by atoms with Crippen molar-refractivity contribution in [3.63, 3.8) is 0 Å². The number of hydrogen-bond acceptors (Lipinski definition) is 2. The minimum atomic E-state index is 0.712. The number of thiophene rings is 1. The number of carbonyl (C=O) groups is 1. The predicted molar refractivity (Wildman–Crippen MR) is 49.0 cm³/mol. The zero-order valence-corrected chi connectivity index (χ0v) is 7.58. The first-order valence-electron chi connectivity index (χ1n) is 3.11. The van der Waals surface area contributed by atoms with Gasteiger partial charge >= 0.3 is 0 Å². The molecule has 0 aliphatic carbocycles. The molecule has 0 aliphatic heterocycles. The molecule has 11 heavy (non-hydrogen) atoms. The summed E-state index contributed by atoms with van der Waals surface area (Å²) in [5.74, 6) is 0. The summed E-state index contributed by atoms with van der Waals surface area (Å²) in [6.45, 7) is 1.76. The van der Waals surface area contributed by atoms with Crippen LogP contribution in [0.4, 0.5) is 0 Å². The molecular formula is C8H7ClOS. The van der Waals surface area contributed by atoms with Crippen molar-refractivity contribution < 1.29 is 4.79 Å². The molecule has 0 saturated heterocycles. The SMILES string of the molecule is C/C(C=O)=C/c1ccc(Cl)s1. The summed E-state index contributed by atoms with van der Waals surface area (Å²) in [6, 6.07) is 3.70. The van der Waals surface area contributed by atoms with Gasteiger partial charge in [0.05, 0.1) is 4.34 Å². The lowest BCUT2D eigenvalue weighted by atomic mass is 10.3. The molecule has 0 atom stereocenters. The Bertz CT molecular complexity index is 288. The smallest absolute Gasteiger partial charge is 0.145 e. The van der Waals surface area contributed by atoms with Crippen molar-refractivity contribution >= 4 is 35.3 Å². The molecule has 0 radical (unpaired) electrons. The molecule has 0 saturated carbocycles. The van der Waals surface area contributed by atoms with Crippen LogP contribution in [0.3, 0.4) is 0 Å². The molecule has 0 aromatic carbocycles. The van der Waals surface area contributed by atoms with Crippen molar-refractivity contribution in [2.45, 2.75) is 6.92 Å². The van der Waals surface area contributed by atoms with E-state index in [1.54, 1.807) is 6.92 Å². The van der Waals surface area contributed by atoms with E-state index in [0.29, 0.717) is 5.57 Å². The van der Waals surface area contributed by atoms with E-state index in [2.05, 4.69) is 0 Å². The predicted octanol–water partition coefficient (Wildman–Crippen LogP) is 3.00. The lowest BCUT2D eigenvalue weighted by Crippen LogP contribution is -1.72. The van der Waals surface area contributed by atoms with Crippen molar-refractivity contribution in [2.75, 3.05) is 0 Å². The zero-order valence-electron chi connectivity index (χ0n) is 6.00. The van der Waals surface area contributed by atoms with E-state index in [-0.39, 0.29) is 0 Å². The number of halogens is 1. The maximum absolute atomic E-state index is 10.2. The molecule has 0 aliphatic rings. The Hall–Kier alpha value is -0.600. The number of aldehydes is 1. The third kappa shape index (κ3) is 2.48.